The van der Waals surface area contributed by atoms with Gasteiger partial charge in [0.05, 0.1) is 12.7 Å². The van der Waals surface area contributed by atoms with Crippen LogP contribution in [0.15, 0.2) is 18.2 Å². The lowest BCUT2D eigenvalue weighted by Crippen LogP contribution is -2.55. The normalized spacial score (nSPS) is 20.8. The fraction of sp³-hybridized carbons (Fsp3) is 0.579. The van der Waals surface area contributed by atoms with Gasteiger partial charge < -0.3 is 19.9 Å². The van der Waals surface area contributed by atoms with Gasteiger partial charge >= 0.3 is 0 Å². The Hall–Kier alpha value is -1.50. The molecular formula is C19H27Cl2N3O3. The molecule has 2 aliphatic heterocycles. The van der Waals surface area contributed by atoms with Gasteiger partial charge in [-0.05, 0) is 38.0 Å². The van der Waals surface area contributed by atoms with Crippen LogP contribution in [0.3, 0.4) is 0 Å². The zero-order valence-electron chi connectivity index (χ0n) is 15.7. The molecule has 0 aromatic heterocycles. The highest BCUT2D eigenvalue weighted by Gasteiger charge is 2.33. The predicted octanol–water partition coefficient (Wildman–Crippen LogP) is 2.44. The van der Waals surface area contributed by atoms with Crippen molar-refractivity contribution in [3.8, 4) is 5.75 Å². The standard InChI is InChI=1S/C19H26ClN3O3.ClH/c1-13-12-21-7-10-23(13)18(24)14-5-8-22(9-6-14)19(25)16-11-15(20)3-4-17(16)26-2;/h3-4,11,13-14,21H,5-10,12H2,1-2H3;1H/t13-;/m1./s1. The second-order valence-corrected chi connectivity index (χ2v) is 7.43. The Morgan fingerprint density at radius 3 is 2.56 bits per heavy atom. The Balaban J connectivity index is 0.00000261. The molecule has 0 unspecified atom stereocenters. The maximum Gasteiger partial charge on any atom is 0.257 e. The molecule has 8 heteroatoms. The Morgan fingerprint density at radius 2 is 1.93 bits per heavy atom. The first-order valence-electron chi connectivity index (χ1n) is 9.15. The minimum absolute atomic E-state index is 0. The number of methoxy groups -OCH3 is 1. The fourth-order valence-corrected chi connectivity index (χ4v) is 3.92. The van der Waals surface area contributed by atoms with Gasteiger partial charge in [-0.2, -0.15) is 0 Å². The second-order valence-electron chi connectivity index (χ2n) is 7.00. The largest absolute Gasteiger partial charge is 0.496 e. The van der Waals surface area contributed by atoms with E-state index in [0.29, 0.717) is 42.3 Å². The van der Waals surface area contributed by atoms with Gasteiger partial charge in [0.2, 0.25) is 5.91 Å². The highest BCUT2D eigenvalue weighted by atomic mass is 35.5. The number of amides is 2. The maximum absolute atomic E-state index is 12.8. The van der Waals surface area contributed by atoms with Crippen LogP contribution in [0.25, 0.3) is 0 Å². The molecule has 0 spiro atoms. The van der Waals surface area contributed by atoms with Crippen LogP contribution in [-0.4, -0.2) is 67.5 Å². The van der Waals surface area contributed by atoms with Crippen molar-refractivity contribution in [1.82, 2.24) is 15.1 Å². The number of halogens is 2. The average molecular weight is 416 g/mol. The number of hydrogen-bond acceptors (Lipinski definition) is 4. The summed E-state index contributed by atoms with van der Waals surface area (Å²) < 4.78 is 5.29. The molecule has 6 nitrogen and oxygen atoms in total. The third kappa shape index (κ3) is 4.86. The number of carbonyl (C=O) groups is 2. The summed E-state index contributed by atoms with van der Waals surface area (Å²) in [5.41, 5.74) is 0.473. The summed E-state index contributed by atoms with van der Waals surface area (Å²) in [4.78, 5) is 29.4. The van der Waals surface area contributed by atoms with E-state index in [1.54, 1.807) is 30.2 Å². The van der Waals surface area contributed by atoms with Crippen molar-refractivity contribution in [3.63, 3.8) is 0 Å². The molecule has 2 saturated heterocycles. The number of piperazine rings is 1. The lowest BCUT2D eigenvalue weighted by molar-refractivity contribution is -0.139. The highest BCUT2D eigenvalue weighted by Crippen LogP contribution is 2.27. The maximum atomic E-state index is 12.8. The summed E-state index contributed by atoms with van der Waals surface area (Å²) in [7, 11) is 1.54. The molecule has 2 aliphatic rings. The summed E-state index contributed by atoms with van der Waals surface area (Å²) in [6, 6.07) is 5.28. The SMILES string of the molecule is COc1ccc(Cl)cc1C(=O)N1CCC(C(=O)N2CCNC[C@H]2C)CC1.Cl. The number of carbonyl (C=O) groups excluding carboxylic acids is 2. The Bertz CT molecular complexity index is 678. The van der Waals surface area contributed by atoms with E-state index >= 15 is 0 Å². The summed E-state index contributed by atoms with van der Waals surface area (Å²) in [6.45, 7) is 5.68. The van der Waals surface area contributed by atoms with E-state index in [1.807, 2.05) is 4.90 Å². The number of hydrogen-bond donors (Lipinski definition) is 1. The molecule has 27 heavy (non-hydrogen) atoms. The van der Waals surface area contributed by atoms with Crippen molar-refractivity contribution >= 4 is 35.8 Å². The third-order valence-corrected chi connectivity index (χ3v) is 5.54. The quantitative estimate of drug-likeness (QED) is 0.823. The molecule has 0 saturated carbocycles. The van der Waals surface area contributed by atoms with Crippen molar-refractivity contribution in [2.75, 3.05) is 39.8 Å². The monoisotopic (exact) mass is 415 g/mol. The molecule has 150 valence electrons. The van der Waals surface area contributed by atoms with Crippen LogP contribution in [0.4, 0.5) is 0 Å². The van der Waals surface area contributed by atoms with Gasteiger partial charge in [0.15, 0.2) is 0 Å². The van der Waals surface area contributed by atoms with Gasteiger partial charge in [-0.3, -0.25) is 9.59 Å². The number of piperidine rings is 1. The van der Waals surface area contributed by atoms with E-state index in [4.69, 9.17) is 16.3 Å². The van der Waals surface area contributed by atoms with Crippen molar-refractivity contribution in [1.29, 1.82) is 0 Å². The molecule has 1 aromatic rings. The molecule has 1 aromatic carbocycles. The van der Waals surface area contributed by atoms with Crippen molar-refractivity contribution in [2.45, 2.75) is 25.8 Å². The van der Waals surface area contributed by atoms with E-state index in [-0.39, 0.29) is 36.2 Å². The van der Waals surface area contributed by atoms with Gasteiger partial charge in [0, 0.05) is 49.7 Å². The zero-order valence-corrected chi connectivity index (χ0v) is 17.3. The van der Waals surface area contributed by atoms with Gasteiger partial charge in [0.1, 0.15) is 5.75 Å². The summed E-state index contributed by atoms with van der Waals surface area (Å²) in [5, 5.41) is 3.81. The number of likely N-dealkylation sites (tertiary alicyclic amines) is 1. The summed E-state index contributed by atoms with van der Waals surface area (Å²) >= 11 is 6.04. The molecule has 0 aliphatic carbocycles. The molecule has 0 bridgehead atoms. The molecule has 0 radical (unpaired) electrons. The number of benzene rings is 1. The molecule has 1 N–H and O–H groups in total. The molecule has 3 rings (SSSR count). The number of nitrogens with zero attached hydrogens (tertiary/aromatic N) is 2. The van der Waals surface area contributed by atoms with Crippen LogP contribution in [0.1, 0.15) is 30.1 Å². The molecular weight excluding hydrogens is 389 g/mol. The second kappa shape index (κ2) is 9.62. The zero-order chi connectivity index (χ0) is 18.7. The fourth-order valence-electron chi connectivity index (χ4n) is 3.75. The minimum Gasteiger partial charge on any atom is -0.496 e. The van der Waals surface area contributed by atoms with Gasteiger partial charge in [-0.15, -0.1) is 12.4 Å². The van der Waals surface area contributed by atoms with Crippen molar-refractivity contribution in [3.05, 3.63) is 28.8 Å². The number of rotatable bonds is 3. The Kier molecular flexibility index (Phi) is 7.77. The molecule has 2 amide bonds. The van der Waals surface area contributed by atoms with Crippen LogP contribution in [0.5, 0.6) is 5.75 Å². The summed E-state index contributed by atoms with van der Waals surface area (Å²) in [6.07, 6.45) is 1.40. The number of nitrogens with one attached hydrogen (secondary N) is 1. The van der Waals surface area contributed by atoms with E-state index < -0.39 is 0 Å². The van der Waals surface area contributed by atoms with Crippen molar-refractivity contribution in [2.24, 2.45) is 5.92 Å². The van der Waals surface area contributed by atoms with Gasteiger partial charge in [0.25, 0.3) is 5.91 Å². The van der Waals surface area contributed by atoms with Crippen LogP contribution >= 0.6 is 24.0 Å². The minimum atomic E-state index is -0.0919. The van der Waals surface area contributed by atoms with E-state index in [2.05, 4.69) is 12.2 Å². The third-order valence-electron chi connectivity index (χ3n) is 5.31. The van der Waals surface area contributed by atoms with Crippen molar-refractivity contribution < 1.29 is 14.3 Å². The first-order chi connectivity index (χ1) is 12.5. The van der Waals surface area contributed by atoms with Crippen LogP contribution in [0.2, 0.25) is 5.02 Å². The van der Waals surface area contributed by atoms with Crippen LogP contribution < -0.4 is 10.1 Å². The van der Waals surface area contributed by atoms with E-state index in [1.165, 1.54) is 0 Å². The summed E-state index contributed by atoms with van der Waals surface area (Å²) in [5.74, 6) is 0.658. The molecule has 2 heterocycles. The van der Waals surface area contributed by atoms with Gasteiger partial charge in [-0.25, -0.2) is 0 Å². The number of ether oxygens (including phenoxy) is 1. The molecule has 1 atom stereocenters. The Labute approximate surface area is 171 Å². The van der Waals surface area contributed by atoms with Crippen LogP contribution in [0, 0.1) is 5.92 Å². The predicted molar refractivity (Wildman–Crippen MR) is 108 cm³/mol. The first-order valence-corrected chi connectivity index (χ1v) is 9.53. The Morgan fingerprint density at radius 1 is 1.22 bits per heavy atom. The lowest BCUT2D eigenvalue weighted by Gasteiger charge is -2.39. The molecule has 2 fully saturated rings. The first kappa shape index (κ1) is 21.8. The van der Waals surface area contributed by atoms with E-state index in [9.17, 15) is 9.59 Å². The highest BCUT2D eigenvalue weighted by molar-refractivity contribution is 6.31. The smallest absolute Gasteiger partial charge is 0.257 e. The van der Waals surface area contributed by atoms with E-state index in [0.717, 1.165) is 19.6 Å². The average Bonchev–Trinajstić information content (AvgIpc) is 2.67. The lowest BCUT2D eigenvalue weighted by atomic mass is 9.94. The van der Waals surface area contributed by atoms with Crippen LogP contribution in [-0.2, 0) is 4.79 Å². The topological polar surface area (TPSA) is 61.9 Å². The van der Waals surface area contributed by atoms with Gasteiger partial charge in [-0.1, -0.05) is 11.6 Å².